The summed E-state index contributed by atoms with van der Waals surface area (Å²) in [5, 5.41) is 12.1. The first-order valence-electron chi connectivity index (χ1n) is 5.95. The Morgan fingerprint density at radius 1 is 1.33 bits per heavy atom. The Labute approximate surface area is 125 Å². The van der Waals surface area contributed by atoms with E-state index in [4.69, 9.17) is 21.1 Å². The molecule has 0 aliphatic carbocycles. The van der Waals surface area contributed by atoms with Gasteiger partial charge in [-0.05, 0) is 30.3 Å². The second kappa shape index (κ2) is 6.32. The molecule has 0 spiro atoms. The molecule has 21 heavy (non-hydrogen) atoms. The van der Waals surface area contributed by atoms with Crippen LogP contribution in [-0.2, 0) is 11.3 Å². The number of aromatic carboxylic acids is 1. The molecule has 0 saturated heterocycles. The summed E-state index contributed by atoms with van der Waals surface area (Å²) in [7, 11) is 1.27. The number of furan rings is 1. The first-order valence-corrected chi connectivity index (χ1v) is 6.33. The van der Waals surface area contributed by atoms with Crippen LogP contribution in [0.15, 0.2) is 34.7 Å². The largest absolute Gasteiger partial charge is 0.475 e. The molecule has 1 aromatic heterocycles. The molecule has 0 fully saturated rings. The summed E-state index contributed by atoms with van der Waals surface area (Å²) in [5.41, 5.74) is 0.878. The van der Waals surface area contributed by atoms with Gasteiger partial charge in [0.2, 0.25) is 5.76 Å². The van der Waals surface area contributed by atoms with Gasteiger partial charge in [0.1, 0.15) is 5.76 Å². The van der Waals surface area contributed by atoms with Gasteiger partial charge in [-0.25, -0.2) is 9.59 Å². The number of rotatable bonds is 5. The first-order chi connectivity index (χ1) is 10.0. The number of halogens is 1. The van der Waals surface area contributed by atoms with Gasteiger partial charge in [-0.2, -0.15) is 0 Å². The predicted octanol–water partition coefficient (Wildman–Crippen LogP) is 3.03. The molecule has 1 aromatic carbocycles. The van der Waals surface area contributed by atoms with Gasteiger partial charge < -0.3 is 19.6 Å². The molecule has 2 rings (SSSR count). The topological polar surface area (TPSA) is 88.8 Å². The van der Waals surface area contributed by atoms with E-state index in [1.807, 2.05) is 0 Å². The molecule has 7 heteroatoms. The number of carboxylic acids is 1. The maximum absolute atomic E-state index is 11.5. The highest BCUT2D eigenvalue weighted by Crippen LogP contribution is 2.22. The Balaban J connectivity index is 2.09. The average molecular weight is 310 g/mol. The van der Waals surface area contributed by atoms with Crippen molar-refractivity contribution in [1.82, 2.24) is 0 Å². The summed E-state index contributed by atoms with van der Waals surface area (Å²) in [6.07, 6.45) is 0. The average Bonchev–Trinajstić information content (AvgIpc) is 2.94. The van der Waals surface area contributed by atoms with Crippen molar-refractivity contribution in [2.24, 2.45) is 0 Å². The fourth-order valence-corrected chi connectivity index (χ4v) is 1.87. The standard InChI is InChI=1S/C14H12ClNO5/c1-20-14(19)10-6-8(2-4-11(10)15)16-7-9-3-5-12(21-9)13(17)18/h2-6,16H,7H2,1H3,(H,17,18). The van der Waals surface area contributed by atoms with E-state index >= 15 is 0 Å². The zero-order valence-corrected chi connectivity index (χ0v) is 11.8. The van der Waals surface area contributed by atoms with Gasteiger partial charge in [0, 0.05) is 5.69 Å². The minimum atomic E-state index is -1.12. The van der Waals surface area contributed by atoms with E-state index in [1.165, 1.54) is 13.2 Å². The lowest BCUT2D eigenvalue weighted by Crippen LogP contribution is -2.04. The van der Waals surface area contributed by atoms with Gasteiger partial charge in [-0.15, -0.1) is 0 Å². The number of anilines is 1. The maximum atomic E-state index is 11.5. The molecular weight excluding hydrogens is 298 g/mol. The fourth-order valence-electron chi connectivity index (χ4n) is 1.68. The third-order valence-electron chi connectivity index (χ3n) is 2.71. The Morgan fingerprint density at radius 3 is 2.71 bits per heavy atom. The third-order valence-corrected chi connectivity index (χ3v) is 3.04. The van der Waals surface area contributed by atoms with Crippen molar-refractivity contribution in [2.45, 2.75) is 6.54 Å². The molecule has 0 bridgehead atoms. The quantitative estimate of drug-likeness (QED) is 0.825. The molecule has 0 aliphatic rings. The normalized spacial score (nSPS) is 10.2. The maximum Gasteiger partial charge on any atom is 0.371 e. The monoisotopic (exact) mass is 309 g/mol. The summed E-state index contributed by atoms with van der Waals surface area (Å²) in [5.74, 6) is -1.32. The van der Waals surface area contributed by atoms with Crippen LogP contribution in [0, 0.1) is 0 Å². The van der Waals surface area contributed by atoms with Crippen LogP contribution >= 0.6 is 11.6 Å². The van der Waals surface area contributed by atoms with E-state index in [1.54, 1.807) is 24.3 Å². The Hall–Kier alpha value is -2.47. The van der Waals surface area contributed by atoms with Crippen LogP contribution in [0.5, 0.6) is 0 Å². The second-order valence-corrected chi connectivity index (χ2v) is 4.52. The van der Waals surface area contributed by atoms with E-state index < -0.39 is 11.9 Å². The summed E-state index contributed by atoms with van der Waals surface area (Å²) < 4.78 is 9.74. The van der Waals surface area contributed by atoms with E-state index in [-0.39, 0.29) is 17.9 Å². The number of esters is 1. The number of methoxy groups -OCH3 is 1. The molecule has 0 saturated carbocycles. The molecule has 0 unspecified atom stereocenters. The molecule has 0 amide bonds. The third kappa shape index (κ3) is 3.55. The van der Waals surface area contributed by atoms with Crippen LogP contribution in [0.4, 0.5) is 5.69 Å². The van der Waals surface area contributed by atoms with E-state index in [9.17, 15) is 9.59 Å². The van der Waals surface area contributed by atoms with Crippen LogP contribution in [0.1, 0.15) is 26.7 Å². The SMILES string of the molecule is COC(=O)c1cc(NCc2ccc(C(=O)O)o2)ccc1Cl. The minimum absolute atomic E-state index is 0.127. The summed E-state index contributed by atoms with van der Waals surface area (Å²) in [4.78, 5) is 22.2. The van der Waals surface area contributed by atoms with Crippen molar-refractivity contribution in [1.29, 1.82) is 0 Å². The zero-order chi connectivity index (χ0) is 15.4. The number of benzene rings is 1. The summed E-state index contributed by atoms with van der Waals surface area (Å²) in [6, 6.07) is 7.75. The number of carbonyl (C=O) groups excluding carboxylic acids is 1. The highest BCUT2D eigenvalue weighted by molar-refractivity contribution is 6.33. The Kier molecular flexibility index (Phi) is 4.49. The Morgan fingerprint density at radius 2 is 2.10 bits per heavy atom. The number of carboxylic acid groups (broad SMARTS) is 1. The lowest BCUT2D eigenvalue weighted by molar-refractivity contribution is 0.0599. The molecule has 0 aliphatic heterocycles. The van der Waals surface area contributed by atoms with Gasteiger partial charge >= 0.3 is 11.9 Å². The Bertz CT molecular complexity index is 680. The van der Waals surface area contributed by atoms with Crippen molar-refractivity contribution in [3.63, 3.8) is 0 Å². The van der Waals surface area contributed by atoms with Crippen molar-refractivity contribution in [3.05, 3.63) is 52.4 Å². The fraction of sp³-hybridized carbons (Fsp3) is 0.143. The molecule has 0 radical (unpaired) electrons. The molecule has 2 aromatic rings. The summed E-state index contributed by atoms with van der Waals surface area (Å²) >= 11 is 5.91. The number of nitrogens with one attached hydrogen (secondary N) is 1. The van der Waals surface area contributed by atoms with Gasteiger partial charge in [-0.3, -0.25) is 0 Å². The summed E-state index contributed by atoms with van der Waals surface area (Å²) in [6.45, 7) is 0.273. The smallest absolute Gasteiger partial charge is 0.371 e. The minimum Gasteiger partial charge on any atom is -0.475 e. The van der Waals surface area contributed by atoms with Crippen molar-refractivity contribution < 1.29 is 23.8 Å². The molecule has 110 valence electrons. The van der Waals surface area contributed by atoms with E-state index in [0.717, 1.165) is 0 Å². The molecule has 2 N–H and O–H groups in total. The van der Waals surface area contributed by atoms with Crippen LogP contribution in [0.2, 0.25) is 5.02 Å². The molecule has 0 atom stereocenters. The van der Waals surface area contributed by atoms with Crippen molar-refractivity contribution in [3.8, 4) is 0 Å². The number of ether oxygens (including phenoxy) is 1. The molecule has 6 nitrogen and oxygen atoms in total. The second-order valence-electron chi connectivity index (χ2n) is 4.11. The van der Waals surface area contributed by atoms with E-state index in [2.05, 4.69) is 10.1 Å². The van der Waals surface area contributed by atoms with Gasteiger partial charge in [0.05, 0.1) is 24.2 Å². The van der Waals surface area contributed by atoms with Gasteiger partial charge in [0.15, 0.2) is 0 Å². The van der Waals surface area contributed by atoms with Crippen molar-refractivity contribution in [2.75, 3.05) is 12.4 Å². The van der Waals surface area contributed by atoms with E-state index in [0.29, 0.717) is 16.5 Å². The van der Waals surface area contributed by atoms with Crippen LogP contribution in [0.25, 0.3) is 0 Å². The number of hydrogen-bond acceptors (Lipinski definition) is 5. The van der Waals surface area contributed by atoms with Gasteiger partial charge in [-0.1, -0.05) is 11.6 Å². The van der Waals surface area contributed by atoms with Crippen LogP contribution in [0.3, 0.4) is 0 Å². The predicted molar refractivity (Wildman–Crippen MR) is 75.8 cm³/mol. The highest BCUT2D eigenvalue weighted by atomic mass is 35.5. The molecular formula is C14H12ClNO5. The molecule has 1 heterocycles. The lowest BCUT2D eigenvalue weighted by Gasteiger charge is -2.08. The first kappa shape index (κ1) is 14.9. The number of hydrogen-bond donors (Lipinski definition) is 2. The van der Waals surface area contributed by atoms with Crippen molar-refractivity contribution >= 4 is 29.2 Å². The van der Waals surface area contributed by atoms with Gasteiger partial charge in [0.25, 0.3) is 0 Å². The van der Waals surface area contributed by atoms with Crippen LogP contribution < -0.4 is 5.32 Å². The van der Waals surface area contributed by atoms with Crippen LogP contribution in [-0.4, -0.2) is 24.2 Å². The highest BCUT2D eigenvalue weighted by Gasteiger charge is 2.12. The lowest BCUT2D eigenvalue weighted by atomic mass is 10.2. The zero-order valence-electron chi connectivity index (χ0n) is 11.1. The number of carbonyl (C=O) groups is 2.